The van der Waals surface area contributed by atoms with Crippen LogP contribution in [0.5, 0.6) is 0 Å². The molecule has 0 saturated carbocycles. The molecule has 0 fully saturated rings. The smallest absolute Gasteiger partial charge is 0.220 e. The predicted molar refractivity (Wildman–Crippen MR) is 108 cm³/mol. The Bertz CT molecular complexity index is 468. The molecule has 1 N–H and O–H groups in total. The van der Waals surface area contributed by atoms with Crippen LogP contribution in [0, 0.1) is 29.1 Å². The fourth-order valence-corrected chi connectivity index (χ4v) is 3.42. The van der Waals surface area contributed by atoms with Crippen LogP contribution in [-0.2, 0) is 14.4 Å². The van der Waals surface area contributed by atoms with Gasteiger partial charge in [0.15, 0.2) is 0 Å². The minimum Gasteiger partial charge on any atom is -0.359 e. The maximum Gasteiger partial charge on any atom is 0.220 e. The molecule has 0 radical (unpaired) electrons. The molecule has 1 amide bonds. The van der Waals surface area contributed by atoms with Gasteiger partial charge in [0.1, 0.15) is 11.6 Å². The van der Waals surface area contributed by atoms with Gasteiger partial charge < -0.3 is 5.32 Å². The molecular weight excluding hydrogens is 326 g/mol. The largest absolute Gasteiger partial charge is 0.359 e. The van der Waals surface area contributed by atoms with Gasteiger partial charge in [-0.15, -0.1) is 0 Å². The summed E-state index contributed by atoms with van der Waals surface area (Å²) < 4.78 is 0. The van der Waals surface area contributed by atoms with Gasteiger partial charge in [0, 0.05) is 37.6 Å². The van der Waals surface area contributed by atoms with Crippen molar-refractivity contribution < 1.29 is 14.4 Å². The highest BCUT2D eigenvalue weighted by atomic mass is 16.1. The molecule has 0 aliphatic heterocycles. The molecule has 0 bridgehead atoms. The summed E-state index contributed by atoms with van der Waals surface area (Å²) >= 11 is 0. The van der Waals surface area contributed by atoms with Crippen molar-refractivity contribution in [1.82, 2.24) is 5.32 Å². The second-order valence-corrected chi connectivity index (χ2v) is 9.31. The first-order chi connectivity index (χ1) is 11.9. The fraction of sp³-hybridized carbons (Fsp3) is 0.864. The van der Waals surface area contributed by atoms with E-state index in [4.69, 9.17) is 0 Å². The molecule has 0 saturated heterocycles. The second-order valence-electron chi connectivity index (χ2n) is 9.31. The number of nitrogens with one attached hydrogen (secondary N) is 1. The van der Waals surface area contributed by atoms with Gasteiger partial charge in [0.2, 0.25) is 5.91 Å². The monoisotopic (exact) mass is 367 g/mol. The lowest BCUT2D eigenvalue weighted by molar-refractivity contribution is -0.130. The Balaban J connectivity index is 4.37. The molecule has 0 rings (SSSR count). The Morgan fingerprint density at radius 2 is 1.31 bits per heavy atom. The molecule has 0 aliphatic rings. The van der Waals surface area contributed by atoms with Crippen LogP contribution in [0.25, 0.3) is 0 Å². The zero-order valence-electron chi connectivity index (χ0n) is 18.3. The molecule has 0 aromatic carbocycles. The Morgan fingerprint density at radius 1 is 0.808 bits per heavy atom. The molecule has 26 heavy (non-hydrogen) atoms. The number of hydrogen-bond donors (Lipinski definition) is 1. The summed E-state index contributed by atoms with van der Waals surface area (Å²) in [5, 5.41) is 2.64. The van der Waals surface area contributed by atoms with Crippen LogP contribution in [0.3, 0.4) is 0 Å². The Kier molecular flexibility index (Phi) is 11.0. The molecule has 0 aromatic heterocycles. The molecule has 3 unspecified atom stereocenters. The van der Waals surface area contributed by atoms with Crippen molar-refractivity contribution >= 4 is 17.5 Å². The van der Waals surface area contributed by atoms with Crippen molar-refractivity contribution in [3.63, 3.8) is 0 Å². The van der Waals surface area contributed by atoms with Gasteiger partial charge in [-0.2, -0.15) is 0 Å². The van der Waals surface area contributed by atoms with Crippen molar-refractivity contribution in [2.75, 3.05) is 7.05 Å². The lowest BCUT2D eigenvalue weighted by atomic mass is 9.75. The highest BCUT2D eigenvalue weighted by Gasteiger charge is 2.30. The van der Waals surface area contributed by atoms with Gasteiger partial charge in [-0.1, -0.05) is 61.3 Å². The summed E-state index contributed by atoms with van der Waals surface area (Å²) in [6.45, 7) is 14.2. The zero-order chi connectivity index (χ0) is 20.5. The molecule has 4 heteroatoms. The van der Waals surface area contributed by atoms with E-state index in [0.29, 0.717) is 36.9 Å². The SMILES string of the molecule is CNC(=O)CC(C)CC(C)(C)C(=O)CC(C)CCC(C)CC(=O)C(C)C. The number of carbonyl (C=O) groups excluding carboxylic acids is 3. The average Bonchev–Trinajstić information content (AvgIpc) is 2.51. The highest BCUT2D eigenvalue weighted by Crippen LogP contribution is 2.31. The number of rotatable bonds is 13. The van der Waals surface area contributed by atoms with E-state index in [1.807, 2.05) is 34.6 Å². The fourth-order valence-electron chi connectivity index (χ4n) is 3.42. The Hall–Kier alpha value is -1.19. The van der Waals surface area contributed by atoms with Gasteiger partial charge in [-0.25, -0.2) is 0 Å². The third-order valence-electron chi connectivity index (χ3n) is 5.31. The normalized spacial score (nSPS) is 15.4. The summed E-state index contributed by atoms with van der Waals surface area (Å²) in [5.74, 6) is 1.63. The van der Waals surface area contributed by atoms with E-state index in [1.54, 1.807) is 7.05 Å². The van der Waals surface area contributed by atoms with Gasteiger partial charge in [0.25, 0.3) is 0 Å². The lowest BCUT2D eigenvalue weighted by Gasteiger charge is -2.28. The summed E-state index contributed by atoms with van der Waals surface area (Å²) in [6, 6.07) is 0. The minimum atomic E-state index is -0.402. The summed E-state index contributed by atoms with van der Waals surface area (Å²) in [4.78, 5) is 36.1. The van der Waals surface area contributed by atoms with Crippen LogP contribution < -0.4 is 5.32 Å². The van der Waals surface area contributed by atoms with E-state index in [-0.39, 0.29) is 23.5 Å². The first-order valence-corrected chi connectivity index (χ1v) is 10.2. The van der Waals surface area contributed by atoms with Crippen LogP contribution >= 0.6 is 0 Å². The van der Waals surface area contributed by atoms with Crippen LogP contribution in [0.2, 0.25) is 0 Å². The van der Waals surface area contributed by atoms with E-state index >= 15 is 0 Å². The van der Waals surface area contributed by atoms with Crippen LogP contribution in [0.15, 0.2) is 0 Å². The van der Waals surface area contributed by atoms with Crippen LogP contribution in [-0.4, -0.2) is 24.5 Å². The number of carbonyl (C=O) groups is 3. The minimum absolute atomic E-state index is 0.0269. The molecule has 3 atom stereocenters. The molecule has 0 aromatic rings. The van der Waals surface area contributed by atoms with Crippen molar-refractivity contribution in [1.29, 1.82) is 0 Å². The molecule has 0 spiro atoms. The Morgan fingerprint density at radius 3 is 1.77 bits per heavy atom. The zero-order valence-corrected chi connectivity index (χ0v) is 18.3. The average molecular weight is 368 g/mol. The Labute approximate surface area is 160 Å². The predicted octanol–water partition coefficient (Wildman–Crippen LogP) is 4.80. The second kappa shape index (κ2) is 11.5. The van der Waals surface area contributed by atoms with Crippen LogP contribution in [0.4, 0.5) is 0 Å². The standard InChI is InChI=1S/C22H41NO3/c1-15(2)19(24)11-16(3)9-10-17(4)12-20(25)22(6,7)14-18(5)13-21(26)23-8/h15-18H,9-14H2,1-8H3,(H,23,26). The molecular formula is C22H41NO3. The van der Waals surface area contributed by atoms with Crippen molar-refractivity contribution in [3.8, 4) is 0 Å². The highest BCUT2D eigenvalue weighted by molar-refractivity contribution is 5.84. The van der Waals surface area contributed by atoms with Crippen molar-refractivity contribution in [3.05, 3.63) is 0 Å². The maximum absolute atomic E-state index is 12.7. The number of hydrogen-bond acceptors (Lipinski definition) is 3. The quantitative estimate of drug-likeness (QED) is 0.508. The molecule has 0 heterocycles. The van der Waals surface area contributed by atoms with Gasteiger partial charge in [0.05, 0.1) is 0 Å². The van der Waals surface area contributed by atoms with E-state index in [2.05, 4.69) is 19.2 Å². The maximum atomic E-state index is 12.7. The lowest BCUT2D eigenvalue weighted by Crippen LogP contribution is -2.30. The van der Waals surface area contributed by atoms with Gasteiger partial charge in [-0.3, -0.25) is 14.4 Å². The van der Waals surface area contributed by atoms with Gasteiger partial charge in [-0.05, 0) is 24.2 Å². The van der Waals surface area contributed by atoms with Gasteiger partial charge >= 0.3 is 0 Å². The summed E-state index contributed by atoms with van der Waals surface area (Å²) in [5.41, 5.74) is -0.402. The number of ketones is 2. The molecule has 152 valence electrons. The molecule has 0 aliphatic carbocycles. The summed E-state index contributed by atoms with van der Waals surface area (Å²) in [7, 11) is 1.64. The number of amides is 1. The van der Waals surface area contributed by atoms with E-state index in [9.17, 15) is 14.4 Å². The van der Waals surface area contributed by atoms with Crippen molar-refractivity contribution in [2.24, 2.45) is 29.1 Å². The third kappa shape index (κ3) is 10.1. The van der Waals surface area contributed by atoms with Crippen LogP contribution in [0.1, 0.15) is 87.0 Å². The van der Waals surface area contributed by atoms with E-state index in [1.165, 1.54) is 0 Å². The third-order valence-corrected chi connectivity index (χ3v) is 5.31. The van der Waals surface area contributed by atoms with E-state index in [0.717, 1.165) is 19.3 Å². The van der Waals surface area contributed by atoms with Crippen molar-refractivity contribution in [2.45, 2.75) is 87.0 Å². The first kappa shape index (κ1) is 24.8. The molecule has 4 nitrogen and oxygen atoms in total. The summed E-state index contributed by atoms with van der Waals surface area (Å²) in [6.07, 6.45) is 4.36. The first-order valence-electron chi connectivity index (χ1n) is 10.2. The van der Waals surface area contributed by atoms with E-state index < -0.39 is 5.41 Å². The topological polar surface area (TPSA) is 63.2 Å². The number of Topliss-reactive ketones (excluding diaryl/α,β-unsaturated/α-hetero) is 2.